The van der Waals surface area contributed by atoms with E-state index in [1.807, 2.05) is 31.2 Å². The average molecular weight is 234 g/mol. The zero-order chi connectivity index (χ0) is 12.3. The van der Waals surface area contributed by atoms with Gasteiger partial charge in [0.2, 0.25) is 0 Å². The van der Waals surface area contributed by atoms with Crippen molar-refractivity contribution >= 4 is 5.97 Å². The number of rotatable bonds is 2. The lowest BCUT2D eigenvalue weighted by molar-refractivity contribution is -0.140. The van der Waals surface area contributed by atoms with E-state index in [1.54, 1.807) is 0 Å². The normalized spacial score (nSPS) is 24.4. The number of ether oxygens (including phenoxy) is 1. The van der Waals surface area contributed by atoms with Gasteiger partial charge in [0.25, 0.3) is 0 Å². The highest BCUT2D eigenvalue weighted by atomic mass is 16.5. The molecular formula is C15H22O2. The van der Waals surface area contributed by atoms with Gasteiger partial charge in [-0.3, -0.25) is 4.79 Å². The summed E-state index contributed by atoms with van der Waals surface area (Å²) in [5, 5.41) is 0. The van der Waals surface area contributed by atoms with E-state index < -0.39 is 0 Å². The summed E-state index contributed by atoms with van der Waals surface area (Å²) in [7, 11) is 0. The Morgan fingerprint density at radius 3 is 2.35 bits per heavy atom. The number of aryl methyl sites for hydroxylation is 1. The van der Waals surface area contributed by atoms with Crippen molar-refractivity contribution in [1.29, 1.82) is 0 Å². The lowest BCUT2D eigenvalue weighted by Gasteiger charge is -2.24. The number of carbonyl (C=O) groups is 1. The first-order valence-corrected chi connectivity index (χ1v) is 6.43. The highest BCUT2D eigenvalue weighted by Gasteiger charge is 2.25. The summed E-state index contributed by atoms with van der Waals surface area (Å²) in [6, 6.07) is 7.65. The van der Waals surface area contributed by atoms with Crippen LogP contribution in [-0.4, -0.2) is 5.97 Å². The van der Waals surface area contributed by atoms with Gasteiger partial charge in [-0.2, -0.15) is 0 Å². The van der Waals surface area contributed by atoms with Crippen LogP contribution in [0.1, 0.15) is 39.6 Å². The molecule has 0 bridgehead atoms. The first kappa shape index (κ1) is 12.2. The van der Waals surface area contributed by atoms with Gasteiger partial charge >= 0.3 is 5.97 Å². The predicted molar refractivity (Wildman–Crippen MR) is 70.1 cm³/mol. The maximum absolute atomic E-state index is 11.9. The van der Waals surface area contributed by atoms with Crippen molar-refractivity contribution < 1.29 is 11.0 Å². The lowest BCUT2D eigenvalue weighted by Crippen LogP contribution is -2.24. The minimum absolute atomic E-state index is 0. The van der Waals surface area contributed by atoms with Crippen LogP contribution in [0.3, 0.4) is 0 Å². The smallest absolute Gasteiger partial charge is 0.314 e. The monoisotopic (exact) mass is 234 g/mol. The molecule has 1 aliphatic rings. The van der Waals surface area contributed by atoms with Crippen LogP contribution >= 0.6 is 0 Å². The molecule has 0 heterocycles. The van der Waals surface area contributed by atoms with E-state index in [0.29, 0.717) is 5.75 Å². The third kappa shape index (κ3) is 3.32. The van der Waals surface area contributed by atoms with Crippen LogP contribution in [0.2, 0.25) is 0 Å². The van der Waals surface area contributed by atoms with E-state index in [0.717, 1.165) is 31.6 Å². The lowest BCUT2D eigenvalue weighted by atomic mass is 9.83. The summed E-state index contributed by atoms with van der Waals surface area (Å²) >= 11 is 0. The Balaban J connectivity index is 0.00000162. The van der Waals surface area contributed by atoms with Gasteiger partial charge < -0.3 is 4.74 Å². The van der Waals surface area contributed by atoms with Crippen LogP contribution < -0.4 is 4.74 Å². The molecule has 0 aliphatic heterocycles. The highest BCUT2D eigenvalue weighted by Crippen LogP contribution is 2.29. The van der Waals surface area contributed by atoms with E-state index in [4.69, 9.17) is 4.74 Å². The van der Waals surface area contributed by atoms with Gasteiger partial charge in [-0.15, -0.1) is 0 Å². The minimum Gasteiger partial charge on any atom is -0.426 e. The standard InChI is InChI=1S/C15H20O2.H2/c1-11-3-7-13(8-4-11)15(16)17-14-9-5-12(2)6-10-14;/h5-6,9-11,13H,3-4,7-8H2,1-2H3;1H. The molecule has 0 saturated heterocycles. The molecule has 0 amide bonds. The molecule has 94 valence electrons. The van der Waals surface area contributed by atoms with E-state index in [9.17, 15) is 4.79 Å². The van der Waals surface area contributed by atoms with Gasteiger partial charge in [0.15, 0.2) is 0 Å². The Morgan fingerprint density at radius 1 is 1.18 bits per heavy atom. The van der Waals surface area contributed by atoms with Crippen LogP contribution in [0, 0.1) is 18.8 Å². The molecule has 1 saturated carbocycles. The van der Waals surface area contributed by atoms with Crippen molar-refractivity contribution in [3.8, 4) is 5.75 Å². The molecule has 1 fully saturated rings. The second-order valence-corrected chi connectivity index (χ2v) is 5.19. The zero-order valence-electron chi connectivity index (χ0n) is 10.6. The second kappa shape index (κ2) is 5.35. The van der Waals surface area contributed by atoms with Crippen molar-refractivity contribution in [3.05, 3.63) is 29.8 Å². The van der Waals surface area contributed by atoms with Crippen molar-refractivity contribution in [2.75, 3.05) is 0 Å². The van der Waals surface area contributed by atoms with E-state index in [1.165, 1.54) is 5.56 Å². The fourth-order valence-corrected chi connectivity index (χ4v) is 2.30. The van der Waals surface area contributed by atoms with Crippen LogP contribution in [0.15, 0.2) is 24.3 Å². The van der Waals surface area contributed by atoms with Crippen LogP contribution in [0.5, 0.6) is 5.75 Å². The zero-order valence-corrected chi connectivity index (χ0v) is 10.6. The third-order valence-electron chi connectivity index (χ3n) is 3.59. The molecule has 1 aromatic carbocycles. The molecule has 2 rings (SSSR count). The predicted octanol–water partition coefficient (Wildman–Crippen LogP) is 3.97. The van der Waals surface area contributed by atoms with Crippen molar-refractivity contribution in [2.45, 2.75) is 39.5 Å². The van der Waals surface area contributed by atoms with Crippen LogP contribution in [-0.2, 0) is 4.79 Å². The fourth-order valence-electron chi connectivity index (χ4n) is 2.30. The molecule has 0 radical (unpaired) electrons. The number of carbonyl (C=O) groups excluding carboxylic acids is 1. The maximum Gasteiger partial charge on any atom is 0.314 e. The molecular weight excluding hydrogens is 212 g/mol. The summed E-state index contributed by atoms with van der Waals surface area (Å²) in [5.41, 5.74) is 1.18. The molecule has 17 heavy (non-hydrogen) atoms. The number of esters is 1. The molecule has 0 spiro atoms. The van der Waals surface area contributed by atoms with Gasteiger partial charge in [0.1, 0.15) is 5.75 Å². The topological polar surface area (TPSA) is 26.3 Å². The van der Waals surface area contributed by atoms with E-state index in [2.05, 4.69) is 6.92 Å². The van der Waals surface area contributed by atoms with Gasteiger partial charge in [0, 0.05) is 1.43 Å². The Kier molecular flexibility index (Phi) is 3.82. The molecule has 0 atom stereocenters. The van der Waals surface area contributed by atoms with Crippen LogP contribution in [0.4, 0.5) is 0 Å². The van der Waals surface area contributed by atoms with Gasteiger partial charge in [0.05, 0.1) is 5.92 Å². The third-order valence-corrected chi connectivity index (χ3v) is 3.59. The largest absolute Gasteiger partial charge is 0.426 e. The Morgan fingerprint density at radius 2 is 1.76 bits per heavy atom. The maximum atomic E-state index is 11.9. The Hall–Kier alpha value is -1.31. The van der Waals surface area contributed by atoms with Gasteiger partial charge in [-0.1, -0.05) is 24.6 Å². The SMILES string of the molecule is Cc1ccc(OC(=O)C2CCC(C)CC2)cc1.[HH]. The number of hydrogen-bond acceptors (Lipinski definition) is 2. The summed E-state index contributed by atoms with van der Waals surface area (Å²) in [5.74, 6) is 1.48. The number of benzene rings is 1. The van der Waals surface area contributed by atoms with Crippen LogP contribution in [0.25, 0.3) is 0 Å². The van der Waals surface area contributed by atoms with Gasteiger partial charge in [-0.25, -0.2) is 0 Å². The van der Waals surface area contributed by atoms with Crippen molar-refractivity contribution in [2.24, 2.45) is 11.8 Å². The quantitative estimate of drug-likeness (QED) is 0.571. The Labute approximate surface area is 104 Å². The van der Waals surface area contributed by atoms with E-state index in [-0.39, 0.29) is 13.3 Å². The molecule has 1 aliphatic carbocycles. The molecule has 1 aromatic rings. The fraction of sp³-hybridized carbons (Fsp3) is 0.533. The average Bonchev–Trinajstić information content (AvgIpc) is 2.33. The van der Waals surface area contributed by atoms with Crippen molar-refractivity contribution in [3.63, 3.8) is 0 Å². The van der Waals surface area contributed by atoms with E-state index >= 15 is 0 Å². The minimum atomic E-state index is -0.0549. The molecule has 0 N–H and O–H groups in total. The highest BCUT2D eigenvalue weighted by molar-refractivity contribution is 5.75. The molecule has 2 nitrogen and oxygen atoms in total. The summed E-state index contributed by atoms with van der Waals surface area (Å²) in [6.07, 6.45) is 4.25. The summed E-state index contributed by atoms with van der Waals surface area (Å²) < 4.78 is 5.41. The van der Waals surface area contributed by atoms with Crippen molar-refractivity contribution in [1.82, 2.24) is 0 Å². The molecule has 0 aromatic heterocycles. The first-order valence-electron chi connectivity index (χ1n) is 6.43. The molecule has 2 heteroatoms. The summed E-state index contributed by atoms with van der Waals surface area (Å²) in [6.45, 7) is 4.27. The second-order valence-electron chi connectivity index (χ2n) is 5.19. The first-order chi connectivity index (χ1) is 8.15. The summed E-state index contributed by atoms with van der Waals surface area (Å²) in [4.78, 5) is 11.9. The Bertz CT molecular complexity index is 378. The van der Waals surface area contributed by atoms with Gasteiger partial charge in [-0.05, 0) is 50.7 Å². The number of hydrogen-bond donors (Lipinski definition) is 0. The molecule has 0 unspecified atom stereocenters.